The molecule has 2 atom stereocenters. The Morgan fingerprint density at radius 2 is 1.69 bits per heavy atom. The first-order chi connectivity index (χ1) is 13.9. The van der Waals surface area contributed by atoms with Crippen molar-refractivity contribution in [2.24, 2.45) is 5.92 Å². The van der Waals surface area contributed by atoms with Gasteiger partial charge < -0.3 is 10.1 Å². The molecule has 2 N–H and O–H groups in total. The fraction of sp³-hybridized carbons (Fsp3) is 0.409. The van der Waals surface area contributed by atoms with Crippen LogP contribution in [-0.4, -0.2) is 27.0 Å². The highest BCUT2D eigenvalue weighted by molar-refractivity contribution is 7.92. The molecule has 0 heterocycles. The van der Waals surface area contributed by atoms with E-state index in [1.807, 2.05) is 6.92 Å². The molecule has 2 unspecified atom stereocenters. The molecule has 2 aromatic carbocycles. The number of sulfonamides is 1. The number of rotatable bonds is 7. The Hall–Kier alpha value is -2.54. The van der Waals surface area contributed by atoms with Crippen LogP contribution in [0.2, 0.25) is 0 Å². The SMILES string of the molecule is CCOc1ccc(S(=O)(=O)Nc2ccc(C(=O)NC3CCCCC3C)cc2)cc1. The van der Waals surface area contributed by atoms with E-state index in [1.165, 1.54) is 18.6 Å². The molecule has 3 rings (SSSR count). The Morgan fingerprint density at radius 3 is 2.31 bits per heavy atom. The van der Waals surface area contributed by atoms with Crippen molar-refractivity contribution in [1.82, 2.24) is 5.32 Å². The lowest BCUT2D eigenvalue weighted by Gasteiger charge is -2.29. The zero-order valence-corrected chi connectivity index (χ0v) is 17.7. The van der Waals surface area contributed by atoms with E-state index in [9.17, 15) is 13.2 Å². The van der Waals surface area contributed by atoms with Gasteiger partial charge in [0.2, 0.25) is 0 Å². The standard InChI is InChI=1S/C22H28N2O4S/c1-3-28-19-12-14-20(15-13-19)29(26,27)24-18-10-8-17(9-11-18)22(25)23-21-7-5-4-6-16(21)2/h8-16,21,24H,3-7H2,1-2H3,(H,23,25). The lowest BCUT2D eigenvalue weighted by Crippen LogP contribution is -2.41. The van der Waals surface area contributed by atoms with Crippen LogP contribution in [0.25, 0.3) is 0 Å². The second kappa shape index (κ2) is 9.31. The van der Waals surface area contributed by atoms with Gasteiger partial charge in [0, 0.05) is 17.3 Å². The van der Waals surface area contributed by atoms with Crippen LogP contribution in [0.1, 0.15) is 49.9 Å². The molecule has 0 aromatic heterocycles. The average molecular weight is 417 g/mol. The van der Waals surface area contributed by atoms with Crippen LogP contribution in [0.4, 0.5) is 5.69 Å². The summed E-state index contributed by atoms with van der Waals surface area (Å²) in [7, 11) is -3.71. The second-order valence-electron chi connectivity index (χ2n) is 7.43. The zero-order valence-electron chi connectivity index (χ0n) is 16.9. The summed E-state index contributed by atoms with van der Waals surface area (Å²) in [4.78, 5) is 12.6. The Labute approximate surface area is 172 Å². The highest BCUT2D eigenvalue weighted by Gasteiger charge is 2.23. The lowest BCUT2D eigenvalue weighted by atomic mass is 9.86. The summed E-state index contributed by atoms with van der Waals surface area (Å²) < 4.78 is 33.0. The molecule has 1 aliphatic rings. The fourth-order valence-corrected chi connectivity index (χ4v) is 4.63. The lowest BCUT2D eigenvalue weighted by molar-refractivity contribution is 0.0910. The van der Waals surface area contributed by atoms with E-state index in [0.29, 0.717) is 29.5 Å². The van der Waals surface area contributed by atoms with Gasteiger partial charge in [-0.1, -0.05) is 19.8 Å². The van der Waals surface area contributed by atoms with Crippen molar-refractivity contribution in [2.45, 2.75) is 50.5 Å². The van der Waals surface area contributed by atoms with Crippen LogP contribution in [0, 0.1) is 5.92 Å². The van der Waals surface area contributed by atoms with E-state index < -0.39 is 10.0 Å². The van der Waals surface area contributed by atoms with Crippen LogP contribution in [-0.2, 0) is 10.0 Å². The Bertz CT molecular complexity index is 924. The summed E-state index contributed by atoms with van der Waals surface area (Å²) in [5, 5.41) is 3.10. The number of hydrogen-bond acceptors (Lipinski definition) is 4. The van der Waals surface area contributed by atoms with Crippen molar-refractivity contribution < 1.29 is 17.9 Å². The quantitative estimate of drug-likeness (QED) is 0.709. The maximum absolute atomic E-state index is 12.6. The molecule has 29 heavy (non-hydrogen) atoms. The highest BCUT2D eigenvalue weighted by Crippen LogP contribution is 2.24. The van der Waals surface area contributed by atoms with E-state index in [1.54, 1.807) is 36.4 Å². The molecule has 2 aromatic rings. The number of nitrogens with one attached hydrogen (secondary N) is 2. The van der Waals surface area contributed by atoms with Crippen LogP contribution in [0.15, 0.2) is 53.4 Å². The normalized spacial score (nSPS) is 19.4. The predicted octanol–water partition coefficient (Wildman–Crippen LogP) is 4.19. The van der Waals surface area contributed by atoms with E-state index >= 15 is 0 Å². The van der Waals surface area contributed by atoms with E-state index in [4.69, 9.17) is 4.74 Å². The van der Waals surface area contributed by atoms with E-state index in [-0.39, 0.29) is 16.8 Å². The number of amides is 1. The minimum Gasteiger partial charge on any atom is -0.494 e. The first-order valence-corrected chi connectivity index (χ1v) is 11.5. The Morgan fingerprint density at radius 1 is 1.03 bits per heavy atom. The highest BCUT2D eigenvalue weighted by atomic mass is 32.2. The van der Waals surface area contributed by atoms with Gasteiger partial charge in [0.25, 0.3) is 15.9 Å². The van der Waals surface area contributed by atoms with Gasteiger partial charge in [-0.2, -0.15) is 0 Å². The summed E-state index contributed by atoms with van der Waals surface area (Å²) in [5.74, 6) is 0.978. The van der Waals surface area contributed by atoms with Gasteiger partial charge in [-0.05, 0) is 74.2 Å². The maximum Gasteiger partial charge on any atom is 0.261 e. The largest absolute Gasteiger partial charge is 0.494 e. The van der Waals surface area contributed by atoms with Crippen LogP contribution < -0.4 is 14.8 Å². The van der Waals surface area contributed by atoms with Gasteiger partial charge >= 0.3 is 0 Å². The van der Waals surface area contributed by atoms with Crippen LogP contribution in [0.3, 0.4) is 0 Å². The van der Waals surface area contributed by atoms with Gasteiger partial charge in [-0.25, -0.2) is 8.42 Å². The molecule has 156 valence electrons. The summed E-state index contributed by atoms with van der Waals surface area (Å²) in [6.07, 6.45) is 4.50. The van der Waals surface area contributed by atoms with Gasteiger partial charge in [0.15, 0.2) is 0 Å². The van der Waals surface area contributed by atoms with E-state index in [0.717, 1.165) is 19.3 Å². The predicted molar refractivity (Wildman–Crippen MR) is 114 cm³/mol. The summed E-state index contributed by atoms with van der Waals surface area (Å²) in [6.45, 7) is 4.55. The molecule has 0 aliphatic heterocycles. The number of benzene rings is 2. The first-order valence-electron chi connectivity index (χ1n) is 10.1. The molecule has 0 radical (unpaired) electrons. The van der Waals surface area contributed by atoms with Gasteiger partial charge in [0.05, 0.1) is 11.5 Å². The van der Waals surface area contributed by atoms with Gasteiger partial charge in [-0.3, -0.25) is 9.52 Å². The van der Waals surface area contributed by atoms with Crippen LogP contribution in [0.5, 0.6) is 5.75 Å². The molecule has 0 bridgehead atoms. The molecule has 1 fully saturated rings. The smallest absolute Gasteiger partial charge is 0.261 e. The van der Waals surface area contributed by atoms with Crippen molar-refractivity contribution in [3.05, 3.63) is 54.1 Å². The topological polar surface area (TPSA) is 84.5 Å². The minimum atomic E-state index is -3.71. The van der Waals surface area contributed by atoms with Crippen molar-refractivity contribution >= 4 is 21.6 Å². The molecule has 1 amide bonds. The monoisotopic (exact) mass is 416 g/mol. The zero-order chi connectivity index (χ0) is 20.9. The third kappa shape index (κ3) is 5.50. The average Bonchev–Trinajstić information content (AvgIpc) is 2.70. The number of carbonyl (C=O) groups is 1. The minimum absolute atomic E-state index is 0.121. The van der Waals surface area contributed by atoms with Crippen molar-refractivity contribution in [2.75, 3.05) is 11.3 Å². The molecular formula is C22H28N2O4S. The summed E-state index contributed by atoms with van der Waals surface area (Å²) in [5.41, 5.74) is 0.924. The number of hydrogen-bond donors (Lipinski definition) is 2. The molecule has 6 nitrogen and oxygen atoms in total. The summed E-state index contributed by atoms with van der Waals surface area (Å²) in [6, 6.07) is 12.9. The number of carbonyl (C=O) groups excluding carboxylic acids is 1. The molecule has 1 aliphatic carbocycles. The fourth-order valence-electron chi connectivity index (χ4n) is 3.57. The van der Waals surface area contributed by atoms with Crippen molar-refractivity contribution in [1.29, 1.82) is 0 Å². The molecule has 0 spiro atoms. The number of ether oxygens (including phenoxy) is 1. The van der Waals surface area contributed by atoms with Crippen LogP contribution >= 0.6 is 0 Å². The van der Waals surface area contributed by atoms with E-state index in [2.05, 4.69) is 17.0 Å². The molecule has 7 heteroatoms. The number of anilines is 1. The van der Waals surface area contributed by atoms with Gasteiger partial charge in [-0.15, -0.1) is 0 Å². The van der Waals surface area contributed by atoms with Crippen molar-refractivity contribution in [3.8, 4) is 5.75 Å². The van der Waals surface area contributed by atoms with Crippen molar-refractivity contribution in [3.63, 3.8) is 0 Å². The third-order valence-electron chi connectivity index (χ3n) is 5.27. The Kier molecular flexibility index (Phi) is 6.79. The molecule has 1 saturated carbocycles. The first kappa shape index (κ1) is 21.2. The van der Waals surface area contributed by atoms with Gasteiger partial charge in [0.1, 0.15) is 5.75 Å². The Balaban J connectivity index is 1.64. The third-order valence-corrected chi connectivity index (χ3v) is 6.67. The maximum atomic E-state index is 12.6. The summed E-state index contributed by atoms with van der Waals surface area (Å²) >= 11 is 0. The molecular weight excluding hydrogens is 388 g/mol. The second-order valence-corrected chi connectivity index (χ2v) is 9.11. The molecule has 0 saturated heterocycles.